The molecule has 0 bridgehead atoms. The fourth-order valence-electron chi connectivity index (χ4n) is 4.75. The molecule has 1 amide bonds. The predicted molar refractivity (Wildman–Crippen MR) is 130 cm³/mol. The largest absolute Gasteiger partial charge is 0.444 e. The zero-order valence-electron chi connectivity index (χ0n) is 20.8. The van der Waals surface area contributed by atoms with Crippen molar-refractivity contribution in [2.45, 2.75) is 71.6 Å². The molecular weight excluding hydrogens is 459 g/mol. The summed E-state index contributed by atoms with van der Waals surface area (Å²) in [6, 6.07) is 1.45. The van der Waals surface area contributed by atoms with Crippen molar-refractivity contribution in [1.82, 2.24) is 19.9 Å². The molecule has 34 heavy (non-hydrogen) atoms. The monoisotopic (exact) mass is 490 g/mol. The average molecular weight is 491 g/mol. The van der Waals surface area contributed by atoms with Crippen LogP contribution in [-0.4, -0.2) is 63.3 Å². The molecule has 184 valence electrons. The normalized spacial score (nSPS) is 22.1. The first-order valence-electron chi connectivity index (χ1n) is 11.5. The summed E-state index contributed by atoms with van der Waals surface area (Å²) < 4.78 is 20.3. The van der Waals surface area contributed by atoms with Crippen molar-refractivity contribution < 1.29 is 13.9 Å². The minimum atomic E-state index is -0.552. The maximum absolute atomic E-state index is 14.7. The lowest BCUT2D eigenvalue weighted by Crippen LogP contribution is -2.59. The fraction of sp³-hybridized carbons (Fsp3) is 0.583. The smallest absolute Gasteiger partial charge is 0.410 e. The van der Waals surface area contributed by atoms with Crippen LogP contribution in [0.3, 0.4) is 0 Å². The van der Waals surface area contributed by atoms with Crippen molar-refractivity contribution in [3.63, 3.8) is 0 Å². The molecule has 10 heteroatoms. The molecular formula is C24H32ClFN6O2. The van der Waals surface area contributed by atoms with Gasteiger partial charge in [0.15, 0.2) is 5.82 Å². The quantitative estimate of drug-likeness (QED) is 0.552. The Morgan fingerprint density at radius 3 is 2.50 bits per heavy atom. The summed E-state index contributed by atoms with van der Waals surface area (Å²) in [6.07, 6.45) is 2.33. The van der Waals surface area contributed by atoms with E-state index in [1.807, 2.05) is 32.6 Å². The van der Waals surface area contributed by atoms with Gasteiger partial charge in [-0.05, 0) is 34.6 Å². The van der Waals surface area contributed by atoms with Crippen LogP contribution in [0, 0.1) is 5.82 Å². The molecule has 2 aliphatic rings. The number of aromatic nitrogens is 3. The Morgan fingerprint density at radius 2 is 1.82 bits per heavy atom. The van der Waals surface area contributed by atoms with Crippen LogP contribution in [-0.2, 0) is 10.2 Å². The third-order valence-electron chi connectivity index (χ3n) is 6.27. The van der Waals surface area contributed by atoms with Gasteiger partial charge in [-0.2, -0.15) is 0 Å². The van der Waals surface area contributed by atoms with E-state index in [9.17, 15) is 9.18 Å². The standard InChI is InChI=1S/C24H32ClFN6O2/c1-14-11-31(22(33)34-23(3,4)5)15(2)10-30(14)20-19-21(29-13-28-20)32(12-24(19,6)7)17-8-18(25)27-9-16(17)26/h8-9,13-15H,10-12H2,1-7H3/t14-,15+/m0/s1. The molecule has 4 rings (SSSR count). The lowest BCUT2D eigenvalue weighted by molar-refractivity contribution is 0.0129. The van der Waals surface area contributed by atoms with Crippen LogP contribution >= 0.6 is 11.6 Å². The van der Waals surface area contributed by atoms with E-state index in [2.05, 4.69) is 40.6 Å². The van der Waals surface area contributed by atoms with Crippen LogP contribution in [0.2, 0.25) is 5.15 Å². The third kappa shape index (κ3) is 4.50. The molecule has 0 unspecified atom stereocenters. The van der Waals surface area contributed by atoms with Gasteiger partial charge >= 0.3 is 6.09 Å². The second-order valence-corrected chi connectivity index (χ2v) is 11.2. The highest BCUT2D eigenvalue weighted by atomic mass is 35.5. The van der Waals surface area contributed by atoms with Gasteiger partial charge in [-0.3, -0.25) is 0 Å². The van der Waals surface area contributed by atoms with Crippen molar-refractivity contribution in [3.8, 4) is 0 Å². The predicted octanol–water partition coefficient (Wildman–Crippen LogP) is 4.93. The number of piperazine rings is 1. The van der Waals surface area contributed by atoms with Gasteiger partial charge in [0, 0.05) is 48.8 Å². The lowest BCUT2D eigenvalue weighted by atomic mass is 9.87. The molecule has 0 saturated carbocycles. The van der Waals surface area contributed by atoms with Gasteiger partial charge in [-0.25, -0.2) is 24.1 Å². The first-order chi connectivity index (χ1) is 15.8. The SMILES string of the molecule is C[C@@H]1CN(c2ncnc3c2C(C)(C)CN3c2cc(Cl)ncc2F)[C@@H](C)CN1C(=O)OC(C)(C)C. The molecule has 0 spiro atoms. The Labute approximate surface area is 205 Å². The average Bonchev–Trinajstić information content (AvgIpc) is 3.01. The number of pyridine rings is 1. The summed E-state index contributed by atoms with van der Waals surface area (Å²) in [5.41, 5.74) is 0.391. The Morgan fingerprint density at radius 1 is 1.15 bits per heavy atom. The van der Waals surface area contributed by atoms with Crippen LogP contribution < -0.4 is 9.80 Å². The number of hydrogen-bond donors (Lipinski definition) is 0. The van der Waals surface area contributed by atoms with Crippen molar-refractivity contribution in [2.24, 2.45) is 0 Å². The second-order valence-electron chi connectivity index (χ2n) is 10.8. The molecule has 0 N–H and O–H groups in total. The topological polar surface area (TPSA) is 74.7 Å². The highest BCUT2D eigenvalue weighted by molar-refractivity contribution is 6.29. The Balaban J connectivity index is 1.68. The number of amides is 1. The van der Waals surface area contributed by atoms with E-state index < -0.39 is 11.4 Å². The van der Waals surface area contributed by atoms with E-state index in [-0.39, 0.29) is 28.7 Å². The number of halogens is 2. The molecule has 1 saturated heterocycles. The number of fused-ring (bicyclic) bond motifs is 1. The van der Waals surface area contributed by atoms with E-state index in [1.54, 1.807) is 4.90 Å². The van der Waals surface area contributed by atoms with Gasteiger partial charge in [-0.15, -0.1) is 0 Å². The van der Waals surface area contributed by atoms with Crippen molar-refractivity contribution in [2.75, 3.05) is 29.4 Å². The maximum Gasteiger partial charge on any atom is 0.410 e. The van der Waals surface area contributed by atoms with Crippen LogP contribution in [0.1, 0.15) is 54.0 Å². The molecule has 0 aromatic carbocycles. The summed E-state index contributed by atoms with van der Waals surface area (Å²) in [4.78, 5) is 31.6. The fourth-order valence-corrected chi connectivity index (χ4v) is 4.90. The molecule has 1 fully saturated rings. The van der Waals surface area contributed by atoms with Crippen molar-refractivity contribution in [1.29, 1.82) is 0 Å². The Hall–Kier alpha value is -2.68. The summed E-state index contributed by atoms with van der Waals surface area (Å²) in [5.74, 6) is 1.01. The summed E-state index contributed by atoms with van der Waals surface area (Å²) in [5, 5.41) is 0.220. The maximum atomic E-state index is 14.7. The van der Waals surface area contributed by atoms with Crippen molar-refractivity contribution >= 4 is 35.0 Å². The number of nitrogens with zero attached hydrogens (tertiary/aromatic N) is 6. The van der Waals surface area contributed by atoms with Crippen LogP contribution in [0.15, 0.2) is 18.6 Å². The minimum Gasteiger partial charge on any atom is -0.444 e. The van der Waals surface area contributed by atoms with E-state index in [1.165, 1.54) is 12.4 Å². The third-order valence-corrected chi connectivity index (χ3v) is 6.48. The molecule has 2 aliphatic heterocycles. The van der Waals surface area contributed by atoms with Gasteiger partial charge in [0.2, 0.25) is 0 Å². The first kappa shape index (κ1) is 24.4. The number of hydrogen-bond acceptors (Lipinski definition) is 7. The van der Waals surface area contributed by atoms with Gasteiger partial charge in [-0.1, -0.05) is 25.4 Å². The summed E-state index contributed by atoms with van der Waals surface area (Å²) in [6.45, 7) is 15.5. The number of carbonyl (C=O) groups excluding carboxylic acids is 1. The van der Waals surface area contributed by atoms with Crippen molar-refractivity contribution in [3.05, 3.63) is 35.1 Å². The number of carbonyl (C=O) groups is 1. The lowest BCUT2D eigenvalue weighted by Gasteiger charge is -2.45. The number of ether oxygens (including phenoxy) is 1. The zero-order valence-corrected chi connectivity index (χ0v) is 21.5. The van der Waals surface area contributed by atoms with Crippen LogP contribution in [0.4, 0.5) is 26.5 Å². The van der Waals surface area contributed by atoms with E-state index in [4.69, 9.17) is 16.3 Å². The molecule has 0 radical (unpaired) electrons. The van der Waals surface area contributed by atoms with Gasteiger partial charge < -0.3 is 19.4 Å². The van der Waals surface area contributed by atoms with Crippen LogP contribution in [0.25, 0.3) is 0 Å². The minimum absolute atomic E-state index is 0.000302. The Bertz CT molecular complexity index is 1110. The van der Waals surface area contributed by atoms with E-state index >= 15 is 0 Å². The van der Waals surface area contributed by atoms with Crippen LogP contribution in [0.5, 0.6) is 0 Å². The molecule has 2 aromatic rings. The number of rotatable bonds is 2. The molecule has 2 atom stereocenters. The molecule has 8 nitrogen and oxygen atoms in total. The van der Waals surface area contributed by atoms with Gasteiger partial charge in [0.1, 0.15) is 28.7 Å². The number of anilines is 3. The summed E-state index contributed by atoms with van der Waals surface area (Å²) in [7, 11) is 0. The summed E-state index contributed by atoms with van der Waals surface area (Å²) >= 11 is 6.07. The highest BCUT2D eigenvalue weighted by Crippen LogP contribution is 2.48. The first-order valence-corrected chi connectivity index (χ1v) is 11.9. The molecule has 2 aromatic heterocycles. The second kappa shape index (κ2) is 8.52. The van der Waals surface area contributed by atoms with E-state index in [0.29, 0.717) is 31.1 Å². The molecule has 4 heterocycles. The Kier molecular flexibility index (Phi) is 6.12. The van der Waals surface area contributed by atoms with E-state index in [0.717, 1.165) is 17.6 Å². The van der Waals surface area contributed by atoms with Gasteiger partial charge in [0.25, 0.3) is 0 Å². The highest BCUT2D eigenvalue weighted by Gasteiger charge is 2.44. The molecule has 0 aliphatic carbocycles. The van der Waals surface area contributed by atoms with Gasteiger partial charge in [0.05, 0.1) is 11.9 Å². The zero-order chi connectivity index (χ0) is 25.0.